The third-order valence-electron chi connectivity index (χ3n) is 4.16. The molecule has 132 valence electrons. The van der Waals surface area contributed by atoms with Crippen molar-refractivity contribution in [2.24, 2.45) is 0 Å². The molecular formula is C18H22N4O3. The van der Waals surface area contributed by atoms with Crippen molar-refractivity contribution < 1.29 is 9.53 Å². The van der Waals surface area contributed by atoms with Crippen molar-refractivity contribution in [3.05, 3.63) is 46.5 Å². The Labute approximate surface area is 146 Å². The number of carbonyl (C=O) groups is 1. The third-order valence-corrected chi connectivity index (χ3v) is 4.16. The fraction of sp³-hybridized carbons (Fsp3) is 0.444. The van der Waals surface area contributed by atoms with Crippen LogP contribution in [0, 0.1) is 0 Å². The van der Waals surface area contributed by atoms with Gasteiger partial charge < -0.3 is 14.6 Å². The Hall–Kier alpha value is -2.54. The van der Waals surface area contributed by atoms with E-state index < -0.39 is 5.56 Å². The van der Waals surface area contributed by atoms with Crippen LogP contribution < -0.4 is 5.56 Å². The van der Waals surface area contributed by atoms with Crippen molar-refractivity contribution >= 4 is 5.91 Å². The quantitative estimate of drug-likeness (QED) is 0.896. The number of nitrogens with zero attached hydrogens (tertiary/aromatic N) is 3. The molecule has 0 aliphatic carbocycles. The van der Waals surface area contributed by atoms with Crippen LogP contribution in [0.5, 0.6) is 0 Å². The van der Waals surface area contributed by atoms with Gasteiger partial charge in [0.15, 0.2) is 5.82 Å². The Balaban J connectivity index is 1.75. The molecule has 25 heavy (non-hydrogen) atoms. The Bertz CT molecular complexity index is 775. The Kier molecular flexibility index (Phi) is 5.55. The highest BCUT2D eigenvalue weighted by Crippen LogP contribution is 2.16. The molecule has 0 bridgehead atoms. The van der Waals surface area contributed by atoms with E-state index in [0.717, 1.165) is 19.3 Å². The van der Waals surface area contributed by atoms with E-state index in [2.05, 4.69) is 21.9 Å². The molecule has 0 spiro atoms. The second kappa shape index (κ2) is 8.02. The molecular weight excluding hydrogens is 320 g/mol. The Morgan fingerprint density at radius 2 is 2.28 bits per heavy atom. The molecule has 1 amide bonds. The first-order valence-corrected chi connectivity index (χ1v) is 8.60. The van der Waals surface area contributed by atoms with Crippen LogP contribution in [0.25, 0.3) is 11.5 Å². The molecule has 3 rings (SSSR count). The van der Waals surface area contributed by atoms with Crippen LogP contribution in [0.4, 0.5) is 0 Å². The zero-order valence-corrected chi connectivity index (χ0v) is 14.3. The van der Waals surface area contributed by atoms with Gasteiger partial charge in [-0.05, 0) is 31.4 Å². The van der Waals surface area contributed by atoms with Crippen molar-refractivity contribution in [1.82, 2.24) is 19.9 Å². The summed E-state index contributed by atoms with van der Waals surface area (Å²) < 4.78 is 5.75. The number of pyridine rings is 1. The van der Waals surface area contributed by atoms with Crippen molar-refractivity contribution in [2.45, 2.75) is 32.3 Å². The minimum atomic E-state index is -0.447. The van der Waals surface area contributed by atoms with Crippen molar-refractivity contribution in [1.29, 1.82) is 0 Å². The van der Waals surface area contributed by atoms with E-state index in [0.29, 0.717) is 31.2 Å². The second-order valence-corrected chi connectivity index (χ2v) is 6.08. The molecule has 0 radical (unpaired) electrons. The number of carbonyl (C=O) groups excluding carboxylic acids is 1. The van der Waals surface area contributed by atoms with Crippen molar-refractivity contribution in [3.8, 4) is 11.5 Å². The maximum Gasteiger partial charge on any atom is 0.264 e. The minimum Gasteiger partial charge on any atom is -0.376 e. The van der Waals surface area contributed by atoms with Gasteiger partial charge in [-0.25, -0.2) is 4.98 Å². The molecule has 3 heterocycles. The van der Waals surface area contributed by atoms with Crippen molar-refractivity contribution in [2.75, 3.05) is 19.7 Å². The fourth-order valence-electron chi connectivity index (χ4n) is 2.89. The van der Waals surface area contributed by atoms with Gasteiger partial charge >= 0.3 is 0 Å². The molecule has 1 saturated heterocycles. The number of ether oxygens (including phenoxy) is 1. The number of piperidine rings is 1. The Morgan fingerprint density at radius 1 is 1.40 bits per heavy atom. The zero-order valence-electron chi connectivity index (χ0n) is 14.3. The molecule has 0 aromatic carbocycles. The molecule has 1 aliphatic rings. The molecule has 1 atom stereocenters. The SMILES string of the molecule is CCCOC1CCCN(C(=O)c2cnc(-c3ccccn3)[nH]c2=O)C1. The maximum absolute atomic E-state index is 12.7. The van der Waals surface area contributed by atoms with Gasteiger partial charge in [-0.3, -0.25) is 14.6 Å². The van der Waals surface area contributed by atoms with Gasteiger partial charge in [-0.1, -0.05) is 13.0 Å². The molecule has 0 saturated carbocycles. The summed E-state index contributed by atoms with van der Waals surface area (Å²) in [5.41, 5.74) is 0.165. The zero-order chi connectivity index (χ0) is 17.6. The van der Waals surface area contributed by atoms with Crippen molar-refractivity contribution in [3.63, 3.8) is 0 Å². The third kappa shape index (κ3) is 4.11. The topological polar surface area (TPSA) is 88.2 Å². The normalized spacial score (nSPS) is 17.5. The number of aromatic nitrogens is 3. The van der Waals surface area contributed by atoms with E-state index in [4.69, 9.17) is 4.74 Å². The number of rotatable bonds is 5. The largest absolute Gasteiger partial charge is 0.376 e. The first-order chi connectivity index (χ1) is 12.2. The molecule has 1 aliphatic heterocycles. The van der Waals surface area contributed by atoms with Gasteiger partial charge in [0.1, 0.15) is 11.3 Å². The van der Waals surface area contributed by atoms with E-state index in [1.54, 1.807) is 23.2 Å². The lowest BCUT2D eigenvalue weighted by molar-refractivity contribution is 0.00204. The number of amides is 1. The van der Waals surface area contributed by atoms with Crippen LogP contribution >= 0.6 is 0 Å². The summed E-state index contributed by atoms with van der Waals surface area (Å²) in [6.07, 6.45) is 5.76. The predicted octanol–water partition coefficient (Wildman–Crippen LogP) is 1.86. The van der Waals surface area contributed by atoms with E-state index >= 15 is 0 Å². The lowest BCUT2D eigenvalue weighted by Gasteiger charge is -2.32. The Morgan fingerprint density at radius 3 is 3.00 bits per heavy atom. The molecule has 7 nitrogen and oxygen atoms in total. The number of H-pyrrole nitrogens is 1. The number of hydrogen-bond donors (Lipinski definition) is 1. The van der Waals surface area contributed by atoms with E-state index in [1.165, 1.54) is 6.20 Å². The van der Waals surface area contributed by atoms with Crippen LogP contribution in [-0.4, -0.2) is 51.6 Å². The summed E-state index contributed by atoms with van der Waals surface area (Å²) in [5.74, 6) is 0.0519. The highest BCUT2D eigenvalue weighted by molar-refractivity contribution is 5.93. The van der Waals surface area contributed by atoms with E-state index in [9.17, 15) is 9.59 Å². The standard InChI is InChI=1S/C18H22N4O3/c1-2-10-25-13-6-5-9-22(12-13)18(24)14-11-20-16(21-17(14)23)15-7-3-4-8-19-15/h3-4,7-8,11,13H,2,5-6,9-10,12H2,1H3,(H,20,21,23). The van der Waals surface area contributed by atoms with Gasteiger partial charge in [0.25, 0.3) is 11.5 Å². The number of nitrogens with one attached hydrogen (secondary N) is 1. The van der Waals surface area contributed by atoms with Crippen LogP contribution in [0.3, 0.4) is 0 Å². The molecule has 1 fully saturated rings. The molecule has 1 N–H and O–H groups in total. The summed E-state index contributed by atoms with van der Waals surface area (Å²) >= 11 is 0. The average molecular weight is 342 g/mol. The lowest BCUT2D eigenvalue weighted by Crippen LogP contribution is -2.44. The number of aromatic amines is 1. The number of likely N-dealkylation sites (tertiary alicyclic amines) is 1. The first-order valence-electron chi connectivity index (χ1n) is 8.60. The lowest BCUT2D eigenvalue weighted by atomic mass is 10.1. The summed E-state index contributed by atoms with van der Waals surface area (Å²) in [4.78, 5) is 37.7. The summed E-state index contributed by atoms with van der Waals surface area (Å²) in [5, 5.41) is 0. The average Bonchev–Trinajstić information content (AvgIpc) is 2.66. The second-order valence-electron chi connectivity index (χ2n) is 6.08. The highest BCUT2D eigenvalue weighted by atomic mass is 16.5. The fourth-order valence-corrected chi connectivity index (χ4v) is 2.89. The van der Waals surface area contributed by atoms with Gasteiger partial charge in [-0.15, -0.1) is 0 Å². The molecule has 1 unspecified atom stereocenters. The first kappa shape index (κ1) is 17.3. The van der Waals surface area contributed by atoms with Crippen LogP contribution in [0.15, 0.2) is 35.4 Å². The monoisotopic (exact) mass is 342 g/mol. The summed E-state index contributed by atoms with van der Waals surface area (Å²) in [6, 6.07) is 5.35. The van der Waals surface area contributed by atoms with Gasteiger partial charge in [0.05, 0.1) is 6.10 Å². The van der Waals surface area contributed by atoms with Crippen LogP contribution in [0.2, 0.25) is 0 Å². The van der Waals surface area contributed by atoms with Gasteiger partial charge in [0.2, 0.25) is 0 Å². The van der Waals surface area contributed by atoms with Gasteiger partial charge in [0, 0.05) is 32.1 Å². The maximum atomic E-state index is 12.7. The van der Waals surface area contributed by atoms with E-state index in [1.807, 2.05) is 6.07 Å². The predicted molar refractivity (Wildman–Crippen MR) is 93.3 cm³/mol. The minimum absolute atomic E-state index is 0.0393. The smallest absolute Gasteiger partial charge is 0.264 e. The summed E-state index contributed by atoms with van der Waals surface area (Å²) in [6.45, 7) is 3.89. The number of hydrogen-bond acceptors (Lipinski definition) is 5. The van der Waals surface area contributed by atoms with E-state index in [-0.39, 0.29) is 17.6 Å². The van der Waals surface area contributed by atoms with Crippen LogP contribution in [-0.2, 0) is 4.74 Å². The molecule has 7 heteroatoms. The molecule has 2 aromatic rings. The van der Waals surface area contributed by atoms with Crippen LogP contribution in [0.1, 0.15) is 36.5 Å². The highest BCUT2D eigenvalue weighted by Gasteiger charge is 2.26. The summed E-state index contributed by atoms with van der Waals surface area (Å²) in [7, 11) is 0. The van der Waals surface area contributed by atoms with Gasteiger partial charge in [-0.2, -0.15) is 0 Å². The molecule has 2 aromatic heterocycles.